The highest BCUT2D eigenvalue weighted by atomic mass is 16.6. The molecule has 0 radical (unpaired) electrons. The van der Waals surface area contributed by atoms with Crippen LogP contribution in [0.3, 0.4) is 0 Å². The summed E-state index contributed by atoms with van der Waals surface area (Å²) in [4.78, 5) is 38.1. The van der Waals surface area contributed by atoms with E-state index in [0.29, 0.717) is 37.3 Å². The van der Waals surface area contributed by atoms with Gasteiger partial charge in [-0.1, -0.05) is 18.2 Å². The second-order valence-electron chi connectivity index (χ2n) is 7.53. The first-order chi connectivity index (χ1) is 15.5. The molecule has 0 spiro atoms. The van der Waals surface area contributed by atoms with E-state index in [1.807, 2.05) is 25.1 Å². The Balaban J connectivity index is 1.70. The Morgan fingerprint density at radius 2 is 2.12 bits per heavy atom. The average molecular weight is 437 g/mol. The van der Waals surface area contributed by atoms with Gasteiger partial charge in [0.25, 0.3) is 0 Å². The number of piperidine rings is 1. The maximum atomic E-state index is 12.2. The predicted octanol–water partition coefficient (Wildman–Crippen LogP) is 3.81. The Kier molecular flexibility index (Phi) is 6.11. The van der Waals surface area contributed by atoms with Gasteiger partial charge in [-0.25, -0.2) is 9.97 Å². The molecule has 1 aliphatic heterocycles. The van der Waals surface area contributed by atoms with Crippen LogP contribution in [-0.2, 0) is 9.53 Å². The molecule has 4 rings (SSSR count). The lowest BCUT2D eigenvalue weighted by Crippen LogP contribution is -2.40. The molecule has 3 heterocycles. The first kappa shape index (κ1) is 21.4. The van der Waals surface area contributed by atoms with Crippen LogP contribution >= 0.6 is 0 Å². The summed E-state index contributed by atoms with van der Waals surface area (Å²) >= 11 is 0. The van der Waals surface area contributed by atoms with Gasteiger partial charge < -0.3 is 14.4 Å². The number of esters is 1. The number of nitrogens with zero attached hydrogens (tertiary/aromatic N) is 5. The number of nitro groups is 1. The normalized spacial score (nSPS) is 16.1. The smallest absolute Gasteiger partial charge is 0.373 e. The monoisotopic (exact) mass is 437 g/mol. The zero-order valence-corrected chi connectivity index (χ0v) is 17.9. The van der Waals surface area contributed by atoms with Gasteiger partial charge in [0, 0.05) is 24.2 Å². The van der Waals surface area contributed by atoms with E-state index in [1.165, 1.54) is 6.33 Å². The van der Waals surface area contributed by atoms with Gasteiger partial charge in [-0.15, -0.1) is 0 Å². The van der Waals surface area contributed by atoms with Crippen molar-refractivity contribution in [3.63, 3.8) is 0 Å². The Morgan fingerprint density at radius 1 is 1.28 bits per heavy atom. The van der Waals surface area contributed by atoms with Gasteiger partial charge in [-0.3, -0.25) is 14.9 Å². The fourth-order valence-electron chi connectivity index (χ4n) is 3.85. The van der Waals surface area contributed by atoms with Crippen LogP contribution in [-0.4, -0.2) is 45.5 Å². The molecule has 2 aromatic heterocycles. The highest BCUT2D eigenvalue weighted by Crippen LogP contribution is 2.39. The highest BCUT2D eigenvalue weighted by Gasteiger charge is 2.34. The fraction of sp³-hybridized carbons (Fsp3) is 0.364. The van der Waals surface area contributed by atoms with E-state index in [4.69, 9.17) is 9.47 Å². The number of hydrogen-bond acceptors (Lipinski definition) is 9. The van der Waals surface area contributed by atoms with Crippen molar-refractivity contribution in [1.29, 1.82) is 0 Å². The third kappa shape index (κ3) is 4.29. The van der Waals surface area contributed by atoms with Crippen molar-refractivity contribution < 1.29 is 19.2 Å². The molecule has 1 aromatic carbocycles. The number of para-hydroxylation sites is 1. The number of carbonyl (C=O) groups is 1. The van der Waals surface area contributed by atoms with Crippen molar-refractivity contribution in [3.8, 4) is 11.6 Å². The summed E-state index contributed by atoms with van der Waals surface area (Å²) in [6, 6.07) is 9.16. The number of carbonyl (C=O) groups excluding carboxylic acids is 1. The number of fused-ring (bicyclic) bond motifs is 1. The van der Waals surface area contributed by atoms with Crippen LogP contribution in [0.1, 0.15) is 25.5 Å². The number of benzene rings is 1. The number of aryl methyl sites for hydroxylation is 1. The van der Waals surface area contributed by atoms with Crippen molar-refractivity contribution in [2.45, 2.75) is 26.7 Å². The Hall–Kier alpha value is -3.82. The molecule has 0 saturated carbocycles. The zero-order chi connectivity index (χ0) is 22.7. The maximum absolute atomic E-state index is 12.2. The molecule has 166 valence electrons. The molecule has 0 bridgehead atoms. The van der Waals surface area contributed by atoms with E-state index in [9.17, 15) is 14.9 Å². The number of rotatable bonds is 6. The highest BCUT2D eigenvalue weighted by molar-refractivity contribution is 5.85. The van der Waals surface area contributed by atoms with Gasteiger partial charge in [0.1, 0.15) is 11.8 Å². The van der Waals surface area contributed by atoms with Crippen LogP contribution in [0.25, 0.3) is 10.9 Å². The van der Waals surface area contributed by atoms with E-state index in [-0.39, 0.29) is 35.8 Å². The lowest BCUT2D eigenvalue weighted by Gasteiger charge is -2.31. The molecule has 1 saturated heterocycles. The number of hydrogen-bond donors (Lipinski definition) is 0. The molecule has 32 heavy (non-hydrogen) atoms. The minimum atomic E-state index is -0.553. The number of ether oxygens (including phenoxy) is 2. The van der Waals surface area contributed by atoms with Crippen molar-refractivity contribution in [3.05, 3.63) is 52.5 Å². The fourth-order valence-corrected chi connectivity index (χ4v) is 3.85. The van der Waals surface area contributed by atoms with E-state index in [0.717, 1.165) is 11.1 Å². The molecule has 0 aliphatic carbocycles. The molecule has 0 N–H and O–H groups in total. The molecule has 1 unspecified atom stereocenters. The maximum Gasteiger partial charge on any atom is 0.373 e. The quantitative estimate of drug-likeness (QED) is 0.322. The summed E-state index contributed by atoms with van der Waals surface area (Å²) in [5.41, 5.74) is 1.04. The average Bonchev–Trinajstić information content (AvgIpc) is 2.79. The van der Waals surface area contributed by atoms with Crippen LogP contribution in [0, 0.1) is 23.0 Å². The van der Waals surface area contributed by atoms with Gasteiger partial charge >= 0.3 is 17.5 Å². The molecule has 0 amide bonds. The molecule has 1 atom stereocenters. The van der Waals surface area contributed by atoms with Gasteiger partial charge in [0.2, 0.25) is 5.82 Å². The predicted molar refractivity (Wildman–Crippen MR) is 117 cm³/mol. The molecule has 10 heteroatoms. The molecule has 10 nitrogen and oxygen atoms in total. The van der Waals surface area contributed by atoms with Crippen LogP contribution in [0.2, 0.25) is 0 Å². The summed E-state index contributed by atoms with van der Waals surface area (Å²) in [7, 11) is 0. The molecule has 3 aromatic rings. The van der Waals surface area contributed by atoms with E-state index in [1.54, 1.807) is 24.0 Å². The molecular formula is C22H23N5O5. The van der Waals surface area contributed by atoms with Crippen molar-refractivity contribution >= 4 is 28.4 Å². The van der Waals surface area contributed by atoms with Gasteiger partial charge in [0.15, 0.2) is 5.75 Å². The summed E-state index contributed by atoms with van der Waals surface area (Å²) in [6.07, 6.45) is 2.58. The van der Waals surface area contributed by atoms with Crippen molar-refractivity contribution in [2.24, 2.45) is 5.92 Å². The molecular weight excluding hydrogens is 414 g/mol. The van der Waals surface area contributed by atoms with Crippen LogP contribution < -0.4 is 9.64 Å². The Bertz CT molecular complexity index is 1170. The van der Waals surface area contributed by atoms with Crippen LogP contribution in [0.15, 0.2) is 36.7 Å². The SMILES string of the molecule is CCOC(=O)C1CCCN(c2ncnc(Oc3cccc4ccc(C)nc34)c2[N+](=O)[O-])C1. The number of anilines is 1. The first-order valence-electron chi connectivity index (χ1n) is 10.4. The van der Waals surface area contributed by atoms with Gasteiger partial charge in [-0.2, -0.15) is 4.98 Å². The minimum absolute atomic E-state index is 0.123. The largest absolute Gasteiger partial charge is 0.466 e. The summed E-state index contributed by atoms with van der Waals surface area (Å²) in [5, 5.41) is 12.9. The van der Waals surface area contributed by atoms with Crippen molar-refractivity contribution in [1.82, 2.24) is 15.0 Å². The summed E-state index contributed by atoms with van der Waals surface area (Å²) in [6.45, 7) is 4.71. The number of aromatic nitrogens is 3. The van der Waals surface area contributed by atoms with Gasteiger partial charge in [0.05, 0.1) is 17.4 Å². The second-order valence-corrected chi connectivity index (χ2v) is 7.53. The van der Waals surface area contributed by atoms with Crippen LogP contribution in [0.5, 0.6) is 11.6 Å². The molecule has 1 fully saturated rings. The lowest BCUT2D eigenvalue weighted by atomic mass is 9.98. The first-order valence-corrected chi connectivity index (χ1v) is 10.4. The second kappa shape index (κ2) is 9.13. The lowest BCUT2D eigenvalue weighted by molar-refractivity contribution is -0.385. The Morgan fingerprint density at radius 3 is 2.91 bits per heavy atom. The van der Waals surface area contributed by atoms with Gasteiger partial charge in [-0.05, 0) is 38.8 Å². The van der Waals surface area contributed by atoms with E-state index in [2.05, 4.69) is 15.0 Å². The van der Waals surface area contributed by atoms with E-state index < -0.39 is 4.92 Å². The third-order valence-corrected chi connectivity index (χ3v) is 5.32. The zero-order valence-electron chi connectivity index (χ0n) is 17.9. The molecule has 1 aliphatic rings. The summed E-state index contributed by atoms with van der Waals surface area (Å²) in [5.74, 6) is -0.357. The van der Waals surface area contributed by atoms with Crippen molar-refractivity contribution in [2.75, 3.05) is 24.6 Å². The standard InChI is InChI=1S/C22H23N5O5/c1-3-31-22(28)16-7-5-11-26(12-16)20-19(27(29)30)21(24-13-23-20)32-17-8-4-6-15-10-9-14(2)25-18(15)17/h4,6,8-10,13,16H,3,5,7,11-12H2,1-2H3. The minimum Gasteiger partial charge on any atom is -0.466 e. The topological polar surface area (TPSA) is 121 Å². The van der Waals surface area contributed by atoms with Crippen LogP contribution in [0.4, 0.5) is 11.5 Å². The number of pyridine rings is 1. The Labute approximate surface area is 184 Å². The third-order valence-electron chi connectivity index (χ3n) is 5.32. The summed E-state index contributed by atoms with van der Waals surface area (Å²) < 4.78 is 11.0. The van der Waals surface area contributed by atoms with E-state index >= 15 is 0 Å².